The van der Waals surface area contributed by atoms with E-state index in [9.17, 15) is 4.79 Å². The van der Waals surface area contributed by atoms with Gasteiger partial charge in [0.25, 0.3) is 0 Å². The van der Waals surface area contributed by atoms with E-state index in [0.29, 0.717) is 24.7 Å². The Morgan fingerprint density at radius 3 is 2.10 bits per heavy atom. The molecule has 0 aromatic heterocycles. The normalized spacial score (nSPS) is 10.6. The second kappa shape index (κ2) is 9.02. The van der Waals surface area contributed by atoms with E-state index in [1.165, 1.54) is 13.2 Å². The number of hydrogen-bond acceptors (Lipinski definition) is 4. The van der Waals surface area contributed by atoms with Crippen LogP contribution in [0.4, 0.5) is 0 Å². The highest BCUT2D eigenvalue weighted by atomic mass is 16.5. The zero-order valence-electron chi connectivity index (χ0n) is 12.3. The first-order valence-corrected chi connectivity index (χ1v) is 6.87. The van der Waals surface area contributed by atoms with Gasteiger partial charge in [0.1, 0.15) is 11.5 Å². The average molecular weight is 278 g/mol. The Bertz CT molecular complexity index is 426. The van der Waals surface area contributed by atoms with Crippen LogP contribution in [-0.2, 0) is 9.53 Å². The minimum atomic E-state index is -0.406. The molecule has 0 heterocycles. The number of hydrogen-bond donors (Lipinski definition) is 0. The molecular formula is C16H22O4. The minimum Gasteiger partial charge on any atom is -0.493 e. The van der Waals surface area contributed by atoms with Crippen molar-refractivity contribution in [3.63, 3.8) is 0 Å². The Morgan fingerprint density at radius 1 is 1.10 bits per heavy atom. The summed E-state index contributed by atoms with van der Waals surface area (Å²) in [6.45, 7) is 5.33. The Kier molecular flexibility index (Phi) is 7.25. The zero-order valence-corrected chi connectivity index (χ0v) is 12.3. The smallest absolute Gasteiger partial charge is 0.330 e. The van der Waals surface area contributed by atoms with E-state index in [4.69, 9.17) is 9.47 Å². The fourth-order valence-corrected chi connectivity index (χ4v) is 1.58. The predicted molar refractivity (Wildman–Crippen MR) is 79.1 cm³/mol. The van der Waals surface area contributed by atoms with E-state index in [1.54, 1.807) is 6.08 Å². The molecule has 20 heavy (non-hydrogen) atoms. The molecule has 0 saturated heterocycles. The molecule has 4 heteroatoms. The van der Waals surface area contributed by atoms with Crippen LogP contribution >= 0.6 is 0 Å². The molecule has 0 saturated carbocycles. The van der Waals surface area contributed by atoms with Gasteiger partial charge < -0.3 is 14.2 Å². The van der Waals surface area contributed by atoms with Gasteiger partial charge in [0.05, 0.1) is 25.9 Å². The zero-order chi connectivity index (χ0) is 14.8. The fraction of sp³-hybridized carbons (Fsp3) is 0.438. The van der Waals surface area contributed by atoms with E-state index in [2.05, 4.69) is 4.74 Å². The van der Waals surface area contributed by atoms with Crippen molar-refractivity contribution in [3.05, 3.63) is 29.8 Å². The molecular weight excluding hydrogens is 256 g/mol. The molecule has 0 bridgehead atoms. The van der Waals surface area contributed by atoms with Crippen LogP contribution in [0.2, 0.25) is 0 Å². The maximum atomic E-state index is 11.2. The SMILES string of the molecule is CCCOc1cccc(OCCC)c1C=CC(=O)OC. The number of benzene rings is 1. The van der Waals surface area contributed by atoms with Crippen molar-refractivity contribution in [1.29, 1.82) is 0 Å². The van der Waals surface area contributed by atoms with Crippen LogP contribution in [0, 0.1) is 0 Å². The molecule has 0 aliphatic heterocycles. The summed E-state index contributed by atoms with van der Waals surface area (Å²) < 4.78 is 16.0. The maximum Gasteiger partial charge on any atom is 0.330 e. The van der Waals surface area contributed by atoms with Gasteiger partial charge in [0.2, 0.25) is 0 Å². The second-order valence-electron chi connectivity index (χ2n) is 4.22. The Hall–Kier alpha value is -1.97. The van der Waals surface area contributed by atoms with Gasteiger partial charge in [0, 0.05) is 6.08 Å². The third-order valence-electron chi connectivity index (χ3n) is 2.54. The summed E-state index contributed by atoms with van der Waals surface area (Å²) in [7, 11) is 1.35. The van der Waals surface area contributed by atoms with Gasteiger partial charge in [0.15, 0.2) is 0 Å². The Balaban J connectivity index is 3.03. The molecule has 0 N–H and O–H groups in total. The van der Waals surface area contributed by atoms with E-state index < -0.39 is 5.97 Å². The number of ether oxygens (including phenoxy) is 3. The summed E-state index contributed by atoms with van der Waals surface area (Å²) in [5.74, 6) is 1.01. The number of methoxy groups -OCH3 is 1. The molecule has 4 nitrogen and oxygen atoms in total. The second-order valence-corrected chi connectivity index (χ2v) is 4.22. The molecule has 1 aromatic rings. The van der Waals surface area contributed by atoms with Crippen LogP contribution in [0.1, 0.15) is 32.3 Å². The molecule has 0 amide bonds. The average Bonchev–Trinajstić information content (AvgIpc) is 2.48. The standard InChI is InChI=1S/C16H22O4/c1-4-11-19-14-7-6-8-15(20-12-5-2)13(14)9-10-16(17)18-3/h6-10H,4-5,11-12H2,1-3H3. The lowest BCUT2D eigenvalue weighted by Crippen LogP contribution is -2.02. The van der Waals surface area contributed by atoms with Gasteiger partial charge in [-0.15, -0.1) is 0 Å². The lowest BCUT2D eigenvalue weighted by atomic mass is 10.1. The molecule has 1 aromatic carbocycles. The van der Waals surface area contributed by atoms with Gasteiger partial charge >= 0.3 is 5.97 Å². The molecule has 110 valence electrons. The highest BCUT2D eigenvalue weighted by Gasteiger charge is 2.08. The van der Waals surface area contributed by atoms with Gasteiger partial charge in [-0.25, -0.2) is 4.79 Å². The van der Waals surface area contributed by atoms with Crippen molar-refractivity contribution in [2.75, 3.05) is 20.3 Å². The summed E-state index contributed by atoms with van der Waals surface area (Å²) in [6.07, 6.45) is 4.87. The third kappa shape index (κ3) is 4.96. The highest BCUT2D eigenvalue weighted by molar-refractivity contribution is 5.88. The molecule has 1 rings (SSSR count). The third-order valence-corrected chi connectivity index (χ3v) is 2.54. The lowest BCUT2D eigenvalue weighted by Gasteiger charge is -2.13. The summed E-state index contributed by atoms with van der Waals surface area (Å²) in [5.41, 5.74) is 0.764. The van der Waals surface area contributed by atoms with Crippen molar-refractivity contribution in [2.24, 2.45) is 0 Å². The first kappa shape index (κ1) is 16.1. The first-order valence-electron chi connectivity index (χ1n) is 6.87. The quantitative estimate of drug-likeness (QED) is 0.539. The van der Waals surface area contributed by atoms with Gasteiger partial charge in [-0.3, -0.25) is 0 Å². The molecule has 0 aliphatic rings. The van der Waals surface area contributed by atoms with Crippen LogP contribution in [0.3, 0.4) is 0 Å². The molecule has 0 fully saturated rings. The first-order chi connectivity index (χ1) is 9.72. The van der Waals surface area contributed by atoms with Crippen LogP contribution in [-0.4, -0.2) is 26.3 Å². The largest absolute Gasteiger partial charge is 0.493 e. The number of carbonyl (C=O) groups excluding carboxylic acids is 1. The van der Waals surface area contributed by atoms with Crippen molar-refractivity contribution < 1.29 is 19.0 Å². The summed E-state index contributed by atoms with van der Waals surface area (Å²) in [5, 5.41) is 0. The highest BCUT2D eigenvalue weighted by Crippen LogP contribution is 2.30. The molecule has 0 spiro atoms. The van der Waals surface area contributed by atoms with Gasteiger partial charge in [-0.05, 0) is 31.1 Å². The number of esters is 1. The summed E-state index contributed by atoms with van der Waals surface area (Å²) >= 11 is 0. The molecule has 0 aliphatic carbocycles. The van der Waals surface area contributed by atoms with Gasteiger partial charge in [-0.1, -0.05) is 19.9 Å². The Labute approximate surface area is 120 Å². The molecule has 0 radical (unpaired) electrons. The minimum absolute atomic E-state index is 0.406. The molecule has 0 unspecified atom stereocenters. The number of carbonyl (C=O) groups is 1. The Morgan fingerprint density at radius 2 is 1.65 bits per heavy atom. The van der Waals surface area contributed by atoms with E-state index >= 15 is 0 Å². The van der Waals surface area contributed by atoms with Gasteiger partial charge in [-0.2, -0.15) is 0 Å². The van der Waals surface area contributed by atoms with E-state index in [1.807, 2.05) is 32.0 Å². The summed E-state index contributed by atoms with van der Waals surface area (Å²) in [4.78, 5) is 11.2. The van der Waals surface area contributed by atoms with E-state index in [0.717, 1.165) is 18.4 Å². The predicted octanol–water partition coefficient (Wildman–Crippen LogP) is 3.45. The van der Waals surface area contributed by atoms with Crippen molar-refractivity contribution >= 4 is 12.0 Å². The van der Waals surface area contributed by atoms with Crippen LogP contribution < -0.4 is 9.47 Å². The monoisotopic (exact) mass is 278 g/mol. The van der Waals surface area contributed by atoms with Crippen LogP contribution in [0.5, 0.6) is 11.5 Å². The lowest BCUT2D eigenvalue weighted by molar-refractivity contribution is -0.134. The number of rotatable bonds is 8. The van der Waals surface area contributed by atoms with Crippen molar-refractivity contribution in [1.82, 2.24) is 0 Å². The van der Waals surface area contributed by atoms with Crippen LogP contribution in [0.15, 0.2) is 24.3 Å². The van der Waals surface area contributed by atoms with E-state index in [-0.39, 0.29) is 0 Å². The van der Waals surface area contributed by atoms with Crippen molar-refractivity contribution in [2.45, 2.75) is 26.7 Å². The van der Waals surface area contributed by atoms with Crippen LogP contribution in [0.25, 0.3) is 6.08 Å². The maximum absolute atomic E-state index is 11.2. The van der Waals surface area contributed by atoms with Crippen molar-refractivity contribution in [3.8, 4) is 11.5 Å². The molecule has 0 atom stereocenters. The topological polar surface area (TPSA) is 44.8 Å². The fourth-order valence-electron chi connectivity index (χ4n) is 1.58. The summed E-state index contributed by atoms with van der Waals surface area (Å²) in [6, 6.07) is 5.61.